The third kappa shape index (κ3) is 3.19. The third-order valence-corrected chi connectivity index (χ3v) is 3.38. The van der Waals surface area contributed by atoms with Crippen molar-refractivity contribution in [3.8, 4) is 0 Å². The first kappa shape index (κ1) is 10.9. The van der Waals surface area contributed by atoms with E-state index in [1.807, 2.05) is 0 Å². The van der Waals surface area contributed by atoms with Crippen LogP contribution >= 0.6 is 0 Å². The Labute approximate surface area is 76.3 Å². The molecule has 0 N–H and O–H groups in total. The molecular formula is C4H8O7S2. The summed E-state index contributed by atoms with van der Waals surface area (Å²) in [5.41, 5.74) is 0. The first-order chi connectivity index (χ1) is 5.85. The highest BCUT2D eigenvalue weighted by Crippen LogP contribution is 2.20. The molecule has 0 saturated carbocycles. The SMILES string of the molecule is CCCC1OS(=O)(=O)OS(=O)(=O)O1. The van der Waals surface area contributed by atoms with Gasteiger partial charge in [0.1, 0.15) is 0 Å². The van der Waals surface area contributed by atoms with E-state index < -0.39 is 27.1 Å². The highest BCUT2D eigenvalue weighted by atomic mass is 32.3. The van der Waals surface area contributed by atoms with Crippen LogP contribution in [-0.4, -0.2) is 23.1 Å². The van der Waals surface area contributed by atoms with E-state index in [0.29, 0.717) is 6.42 Å². The van der Waals surface area contributed by atoms with Crippen molar-refractivity contribution in [1.29, 1.82) is 0 Å². The zero-order valence-corrected chi connectivity index (χ0v) is 8.30. The van der Waals surface area contributed by atoms with E-state index in [0.717, 1.165) is 0 Å². The Balaban J connectivity index is 2.85. The fraction of sp³-hybridized carbons (Fsp3) is 1.00. The van der Waals surface area contributed by atoms with Gasteiger partial charge < -0.3 is 0 Å². The largest absolute Gasteiger partial charge is 0.418 e. The number of hydrogen-bond acceptors (Lipinski definition) is 7. The van der Waals surface area contributed by atoms with Crippen LogP contribution < -0.4 is 0 Å². The van der Waals surface area contributed by atoms with Crippen molar-refractivity contribution in [2.75, 3.05) is 0 Å². The third-order valence-electron chi connectivity index (χ3n) is 1.14. The van der Waals surface area contributed by atoms with E-state index in [4.69, 9.17) is 0 Å². The molecule has 0 unspecified atom stereocenters. The Morgan fingerprint density at radius 1 is 1.08 bits per heavy atom. The molecule has 0 aliphatic carbocycles. The molecule has 7 nitrogen and oxygen atoms in total. The van der Waals surface area contributed by atoms with E-state index in [1.54, 1.807) is 6.92 Å². The lowest BCUT2D eigenvalue weighted by Crippen LogP contribution is -2.34. The summed E-state index contributed by atoms with van der Waals surface area (Å²) in [5.74, 6) is 0. The predicted molar refractivity (Wildman–Crippen MR) is 39.8 cm³/mol. The van der Waals surface area contributed by atoms with Crippen LogP contribution in [0.25, 0.3) is 0 Å². The van der Waals surface area contributed by atoms with Gasteiger partial charge in [-0.3, -0.25) is 0 Å². The monoisotopic (exact) mass is 232 g/mol. The molecule has 0 radical (unpaired) electrons. The topological polar surface area (TPSA) is 96.0 Å². The normalized spacial score (nSPS) is 27.2. The van der Waals surface area contributed by atoms with Crippen molar-refractivity contribution < 1.29 is 28.8 Å². The van der Waals surface area contributed by atoms with Gasteiger partial charge in [-0.2, -0.15) is 16.8 Å². The van der Waals surface area contributed by atoms with Crippen molar-refractivity contribution >= 4 is 20.8 Å². The lowest BCUT2D eigenvalue weighted by atomic mass is 10.3. The zero-order valence-electron chi connectivity index (χ0n) is 6.67. The second-order valence-electron chi connectivity index (χ2n) is 2.30. The zero-order chi connectivity index (χ0) is 10.1. The summed E-state index contributed by atoms with van der Waals surface area (Å²) in [6.07, 6.45) is -0.633. The van der Waals surface area contributed by atoms with Crippen molar-refractivity contribution in [1.82, 2.24) is 0 Å². The van der Waals surface area contributed by atoms with Gasteiger partial charge in [-0.1, -0.05) is 13.3 Å². The van der Waals surface area contributed by atoms with Gasteiger partial charge in [0.15, 0.2) is 6.29 Å². The highest BCUT2D eigenvalue weighted by Gasteiger charge is 2.37. The Kier molecular flexibility index (Phi) is 2.92. The summed E-state index contributed by atoms with van der Waals surface area (Å²) in [6, 6.07) is 0. The summed E-state index contributed by atoms with van der Waals surface area (Å²) in [4.78, 5) is 0. The maximum atomic E-state index is 10.6. The fourth-order valence-electron chi connectivity index (χ4n) is 0.745. The molecule has 0 aromatic carbocycles. The standard InChI is InChI=1S/C4H8O7S2/c1-2-3-4-9-12(5,6)11-13(7,8)10-4/h4H,2-3H2,1H3. The van der Waals surface area contributed by atoms with Gasteiger partial charge in [0.05, 0.1) is 0 Å². The van der Waals surface area contributed by atoms with Crippen LogP contribution in [0.2, 0.25) is 0 Å². The van der Waals surface area contributed by atoms with Crippen LogP contribution in [0.4, 0.5) is 0 Å². The predicted octanol–water partition coefficient (Wildman–Crippen LogP) is -0.334. The van der Waals surface area contributed by atoms with Gasteiger partial charge in [-0.15, -0.1) is 3.63 Å². The molecule has 1 saturated heterocycles. The molecule has 0 atom stereocenters. The van der Waals surface area contributed by atoms with Gasteiger partial charge in [0.2, 0.25) is 0 Å². The fourth-order valence-corrected chi connectivity index (χ4v) is 2.66. The van der Waals surface area contributed by atoms with Crippen molar-refractivity contribution in [3.63, 3.8) is 0 Å². The Bertz CT molecular complexity index is 331. The lowest BCUT2D eigenvalue weighted by Gasteiger charge is -2.20. The molecule has 1 heterocycles. The van der Waals surface area contributed by atoms with Crippen molar-refractivity contribution in [2.45, 2.75) is 26.1 Å². The molecule has 0 bridgehead atoms. The van der Waals surface area contributed by atoms with Crippen LogP contribution in [0.15, 0.2) is 0 Å². The molecule has 9 heteroatoms. The average molecular weight is 232 g/mol. The minimum Gasteiger partial charge on any atom is -0.214 e. The van der Waals surface area contributed by atoms with Gasteiger partial charge in [-0.05, 0) is 0 Å². The molecule has 1 fully saturated rings. The second-order valence-corrected chi connectivity index (χ2v) is 4.86. The van der Waals surface area contributed by atoms with E-state index in [9.17, 15) is 16.8 Å². The summed E-state index contributed by atoms with van der Waals surface area (Å²) < 4.78 is 54.5. The Hall–Kier alpha value is -0.220. The molecular weight excluding hydrogens is 224 g/mol. The smallest absolute Gasteiger partial charge is 0.214 e. The van der Waals surface area contributed by atoms with Gasteiger partial charge in [0.25, 0.3) is 0 Å². The summed E-state index contributed by atoms with van der Waals surface area (Å²) >= 11 is 0. The summed E-state index contributed by atoms with van der Waals surface area (Å²) in [7, 11) is -8.95. The molecule has 0 aromatic heterocycles. The number of rotatable bonds is 2. The second kappa shape index (κ2) is 3.50. The molecule has 78 valence electrons. The maximum Gasteiger partial charge on any atom is 0.418 e. The molecule has 0 spiro atoms. The molecule has 1 aliphatic heterocycles. The highest BCUT2D eigenvalue weighted by molar-refractivity contribution is 7.95. The Morgan fingerprint density at radius 2 is 1.54 bits per heavy atom. The van der Waals surface area contributed by atoms with Crippen LogP contribution in [0.5, 0.6) is 0 Å². The van der Waals surface area contributed by atoms with E-state index in [1.165, 1.54) is 0 Å². The van der Waals surface area contributed by atoms with Crippen LogP contribution in [-0.2, 0) is 32.8 Å². The van der Waals surface area contributed by atoms with E-state index >= 15 is 0 Å². The van der Waals surface area contributed by atoms with Gasteiger partial charge in [0, 0.05) is 6.42 Å². The minimum absolute atomic E-state index is 0.155. The average Bonchev–Trinajstić information content (AvgIpc) is 1.78. The number of hydrogen-bond donors (Lipinski definition) is 0. The molecule has 13 heavy (non-hydrogen) atoms. The van der Waals surface area contributed by atoms with Crippen LogP contribution in [0, 0.1) is 0 Å². The van der Waals surface area contributed by atoms with E-state index in [2.05, 4.69) is 12.0 Å². The summed E-state index contributed by atoms with van der Waals surface area (Å²) in [5, 5.41) is 0. The maximum absolute atomic E-state index is 10.6. The minimum atomic E-state index is -4.47. The Morgan fingerprint density at radius 3 is 1.92 bits per heavy atom. The van der Waals surface area contributed by atoms with Crippen LogP contribution in [0.1, 0.15) is 19.8 Å². The molecule has 1 rings (SSSR count). The molecule has 0 amide bonds. The van der Waals surface area contributed by atoms with Crippen molar-refractivity contribution in [2.24, 2.45) is 0 Å². The lowest BCUT2D eigenvalue weighted by molar-refractivity contribution is -0.0235. The van der Waals surface area contributed by atoms with Crippen molar-refractivity contribution in [3.05, 3.63) is 0 Å². The van der Waals surface area contributed by atoms with Crippen LogP contribution in [0.3, 0.4) is 0 Å². The summed E-state index contributed by atoms with van der Waals surface area (Å²) in [6.45, 7) is 1.72. The van der Waals surface area contributed by atoms with E-state index in [-0.39, 0.29) is 6.42 Å². The first-order valence-electron chi connectivity index (χ1n) is 3.42. The first-order valence-corrected chi connectivity index (χ1v) is 6.09. The van der Waals surface area contributed by atoms with Gasteiger partial charge >= 0.3 is 20.8 Å². The van der Waals surface area contributed by atoms with Gasteiger partial charge in [-0.25, -0.2) is 8.37 Å². The molecule has 1 aliphatic rings. The molecule has 0 aromatic rings. The quantitative estimate of drug-likeness (QED) is 0.642.